The van der Waals surface area contributed by atoms with E-state index in [4.69, 9.17) is 5.73 Å². The van der Waals surface area contributed by atoms with E-state index in [2.05, 4.69) is 5.32 Å². The molecule has 4 N–H and O–H groups in total. The Balaban J connectivity index is 2.25. The van der Waals surface area contributed by atoms with Crippen molar-refractivity contribution in [2.24, 2.45) is 11.7 Å². The first-order chi connectivity index (χ1) is 6.68. The van der Waals surface area contributed by atoms with Crippen molar-refractivity contribution in [3.63, 3.8) is 0 Å². The SMILES string of the molecule is NC(=O)NC1=C2SCCC2C(O)C=C1. The summed E-state index contributed by atoms with van der Waals surface area (Å²) in [5.41, 5.74) is 5.80. The van der Waals surface area contributed by atoms with E-state index in [0.717, 1.165) is 22.8 Å². The molecule has 0 bridgehead atoms. The number of thioether (sulfide) groups is 1. The van der Waals surface area contributed by atoms with Crippen LogP contribution in [-0.4, -0.2) is 23.0 Å². The molecule has 2 aliphatic rings. The van der Waals surface area contributed by atoms with Crippen LogP contribution < -0.4 is 11.1 Å². The fourth-order valence-electron chi connectivity index (χ4n) is 1.78. The Morgan fingerprint density at radius 2 is 2.50 bits per heavy atom. The predicted molar refractivity (Wildman–Crippen MR) is 55.5 cm³/mol. The van der Waals surface area contributed by atoms with Gasteiger partial charge in [0.1, 0.15) is 0 Å². The average molecular weight is 212 g/mol. The summed E-state index contributed by atoms with van der Waals surface area (Å²) in [7, 11) is 0. The molecule has 2 unspecified atom stereocenters. The van der Waals surface area contributed by atoms with E-state index < -0.39 is 12.1 Å². The van der Waals surface area contributed by atoms with Gasteiger partial charge in [0, 0.05) is 10.8 Å². The van der Waals surface area contributed by atoms with Crippen LogP contribution in [0.5, 0.6) is 0 Å². The molecule has 1 fully saturated rings. The van der Waals surface area contributed by atoms with Gasteiger partial charge in [-0.05, 0) is 18.2 Å². The zero-order chi connectivity index (χ0) is 10.1. The molecule has 0 saturated carbocycles. The molecule has 0 aromatic rings. The average Bonchev–Trinajstić information content (AvgIpc) is 2.58. The summed E-state index contributed by atoms with van der Waals surface area (Å²) >= 11 is 1.68. The number of nitrogens with one attached hydrogen (secondary N) is 1. The van der Waals surface area contributed by atoms with Crippen LogP contribution in [0.15, 0.2) is 22.8 Å². The second kappa shape index (κ2) is 3.67. The van der Waals surface area contributed by atoms with Crippen LogP contribution >= 0.6 is 11.8 Å². The Morgan fingerprint density at radius 1 is 1.71 bits per heavy atom. The first-order valence-electron chi connectivity index (χ1n) is 4.48. The summed E-state index contributed by atoms with van der Waals surface area (Å²) in [5.74, 6) is 1.13. The lowest BCUT2D eigenvalue weighted by Crippen LogP contribution is -2.32. The van der Waals surface area contributed by atoms with Gasteiger partial charge in [-0.25, -0.2) is 4.79 Å². The van der Waals surface area contributed by atoms with Crippen LogP contribution in [0.25, 0.3) is 0 Å². The van der Waals surface area contributed by atoms with E-state index >= 15 is 0 Å². The third-order valence-electron chi connectivity index (χ3n) is 2.42. The monoisotopic (exact) mass is 212 g/mol. The number of urea groups is 1. The summed E-state index contributed by atoms with van der Waals surface area (Å²) in [6, 6.07) is -0.556. The number of aliphatic hydroxyl groups is 1. The van der Waals surface area contributed by atoms with Gasteiger partial charge in [-0.2, -0.15) is 0 Å². The fraction of sp³-hybridized carbons (Fsp3) is 0.444. The summed E-state index contributed by atoms with van der Waals surface area (Å²) in [5, 5.41) is 12.2. The minimum Gasteiger partial charge on any atom is -0.388 e. The number of allylic oxidation sites excluding steroid dienone is 1. The van der Waals surface area contributed by atoms with Gasteiger partial charge < -0.3 is 16.2 Å². The van der Waals surface area contributed by atoms with Crippen LogP contribution in [0, 0.1) is 5.92 Å². The van der Waals surface area contributed by atoms with Crippen molar-refractivity contribution in [3.8, 4) is 0 Å². The predicted octanol–water partition coefficient (Wildman–Crippen LogP) is 0.550. The molecule has 2 amide bonds. The highest BCUT2D eigenvalue weighted by molar-refractivity contribution is 8.03. The second-order valence-corrected chi connectivity index (χ2v) is 4.50. The number of amides is 2. The molecule has 5 heteroatoms. The number of primary amides is 1. The number of carbonyl (C=O) groups is 1. The van der Waals surface area contributed by atoms with Crippen molar-refractivity contribution in [2.45, 2.75) is 12.5 Å². The molecule has 1 aliphatic carbocycles. The van der Waals surface area contributed by atoms with E-state index in [-0.39, 0.29) is 5.92 Å². The quantitative estimate of drug-likeness (QED) is 0.594. The van der Waals surface area contributed by atoms with Crippen LogP contribution in [0.4, 0.5) is 4.79 Å². The maximum atomic E-state index is 10.7. The van der Waals surface area contributed by atoms with Crippen molar-refractivity contribution < 1.29 is 9.90 Å². The van der Waals surface area contributed by atoms with Gasteiger partial charge in [0.25, 0.3) is 0 Å². The maximum absolute atomic E-state index is 10.7. The molecule has 2 atom stereocenters. The molecular formula is C9H12N2O2S. The van der Waals surface area contributed by atoms with Crippen molar-refractivity contribution in [1.82, 2.24) is 5.32 Å². The number of hydrogen-bond acceptors (Lipinski definition) is 3. The van der Waals surface area contributed by atoms with E-state index in [9.17, 15) is 9.90 Å². The number of aliphatic hydroxyl groups excluding tert-OH is 1. The van der Waals surface area contributed by atoms with Crippen LogP contribution in [0.1, 0.15) is 6.42 Å². The zero-order valence-corrected chi connectivity index (χ0v) is 8.38. The number of fused-ring (bicyclic) bond motifs is 1. The number of rotatable bonds is 1. The Bertz CT molecular complexity index is 325. The first kappa shape index (κ1) is 9.61. The molecule has 2 rings (SSSR count). The maximum Gasteiger partial charge on any atom is 0.316 e. The Morgan fingerprint density at radius 3 is 3.21 bits per heavy atom. The van der Waals surface area contributed by atoms with Gasteiger partial charge in [0.05, 0.1) is 11.8 Å². The van der Waals surface area contributed by atoms with Gasteiger partial charge >= 0.3 is 6.03 Å². The molecule has 14 heavy (non-hydrogen) atoms. The topological polar surface area (TPSA) is 75.4 Å². The molecule has 4 nitrogen and oxygen atoms in total. The van der Waals surface area contributed by atoms with Gasteiger partial charge in [0.2, 0.25) is 0 Å². The third-order valence-corrected chi connectivity index (χ3v) is 3.69. The van der Waals surface area contributed by atoms with E-state index in [1.807, 2.05) is 0 Å². The van der Waals surface area contributed by atoms with Gasteiger partial charge in [-0.15, -0.1) is 11.8 Å². The van der Waals surface area contributed by atoms with Crippen molar-refractivity contribution in [1.29, 1.82) is 0 Å². The highest BCUT2D eigenvalue weighted by Crippen LogP contribution is 2.42. The van der Waals surface area contributed by atoms with E-state index in [1.165, 1.54) is 0 Å². The molecule has 0 aromatic carbocycles. The molecule has 76 valence electrons. The van der Waals surface area contributed by atoms with Crippen LogP contribution in [-0.2, 0) is 0 Å². The molecule has 1 aliphatic heterocycles. The molecule has 0 aromatic heterocycles. The fourth-order valence-corrected chi connectivity index (χ4v) is 3.12. The van der Waals surface area contributed by atoms with Gasteiger partial charge in [0.15, 0.2) is 0 Å². The minimum atomic E-state index is -0.556. The molecule has 1 saturated heterocycles. The Kier molecular flexibility index (Phi) is 2.52. The largest absolute Gasteiger partial charge is 0.388 e. The van der Waals surface area contributed by atoms with Gasteiger partial charge in [-0.1, -0.05) is 6.08 Å². The second-order valence-electron chi connectivity index (χ2n) is 3.36. The van der Waals surface area contributed by atoms with Crippen molar-refractivity contribution in [3.05, 3.63) is 22.8 Å². The molecule has 1 heterocycles. The highest BCUT2D eigenvalue weighted by atomic mass is 32.2. The van der Waals surface area contributed by atoms with Crippen molar-refractivity contribution in [2.75, 3.05) is 5.75 Å². The lowest BCUT2D eigenvalue weighted by Gasteiger charge is -2.22. The number of carbonyl (C=O) groups excluding carboxylic acids is 1. The molecule has 0 radical (unpaired) electrons. The summed E-state index contributed by atoms with van der Waals surface area (Å²) in [6.07, 6.45) is 3.96. The van der Waals surface area contributed by atoms with Crippen LogP contribution in [0.2, 0.25) is 0 Å². The smallest absolute Gasteiger partial charge is 0.316 e. The van der Waals surface area contributed by atoms with Gasteiger partial charge in [-0.3, -0.25) is 0 Å². The van der Waals surface area contributed by atoms with Crippen molar-refractivity contribution >= 4 is 17.8 Å². The van der Waals surface area contributed by atoms with E-state index in [0.29, 0.717) is 0 Å². The summed E-state index contributed by atoms with van der Waals surface area (Å²) < 4.78 is 0. The zero-order valence-electron chi connectivity index (χ0n) is 7.56. The minimum absolute atomic E-state index is 0.145. The normalized spacial score (nSPS) is 30.4. The molecule has 0 spiro atoms. The lowest BCUT2D eigenvalue weighted by atomic mass is 9.94. The third kappa shape index (κ3) is 1.65. The van der Waals surface area contributed by atoms with Crippen LogP contribution in [0.3, 0.4) is 0 Å². The Labute approximate surface area is 86.2 Å². The Hall–Kier alpha value is -0.940. The number of nitrogens with two attached hydrogens (primary N) is 1. The number of hydrogen-bond donors (Lipinski definition) is 3. The molecular weight excluding hydrogens is 200 g/mol. The lowest BCUT2D eigenvalue weighted by molar-refractivity contribution is 0.172. The highest BCUT2D eigenvalue weighted by Gasteiger charge is 2.32. The summed E-state index contributed by atoms with van der Waals surface area (Å²) in [4.78, 5) is 11.8. The standard InChI is InChI=1S/C9H12N2O2S/c10-9(13)11-6-1-2-7(12)5-3-4-14-8(5)6/h1-2,5,7,12H,3-4H2,(H3,10,11,13). The first-order valence-corrected chi connectivity index (χ1v) is 5.46. The van der Waals surface area contributed by atoms with E-state index in [1.54, 1.807) is 23.9 Å². The summed E-state index contributed by atoms with van der Waals surface area (Å²) in [6.45, 7) is 0.